The summed E-state index contributed by atoms with van der Waals surface area (Å²) in [5, 5.41) is 16.0. The number of pyridine rings is 3. The van der Waals surface area contributed by atoms with Crippen LogP contribution in [0.5, 0.6) is 0 Å². The van der Waals surface area contributed by atoms with Crippen LogP contribution < -0.4 is 15.8 Å². The number of ether oxygens (including phenoxy) is 1. The number of aromatic nitrogens is 4. The van der Waals surface area contributed by atoms with Gasteiger partial charge < -0.3 is 19.7 Å². The maximum absolute atomic E-state index is 14.2. The number of nitrogens with zero attached hydrogens (tertiary/aromatic N) is 5. The zero-order chi connectivity index (χ0) is 26.2. The summed E-state index contributed by atoms with van der Waals surface area (Å²) in [5.74, 6) is -2.90. The highest BCUT2D eigenvalue weighted by molar-refractivity contribution is 6.05. The Morgan fingerprint density at radius 1 is 1.22 bits per heavy atom. The van der Waals surface area contributed by atoms with Gasteiger partial charge in [0.05, 0.1) is 5.69 Å². The summed E-state index contributed by atoms with van der Waals surface area (Å²) >= 11 is 0. The highest BCUT2D eigenvalue weighted by atomic mass is 19.1. The first-order valence-electron chi connectivity index (χ1n) is 10.6. The van der Waals surface area contributed by atoms with Crippen LogP contribution in [0.4, 0.5) is 26.4 Å². The van der Waals surface area contributed by atoms with E-state index >= 15 is 0 Å². The third-order valence-corrected chi connectivity index (χ3v) is 4.82. The molecule has 0 aliphatic carbocycles. The number of carbonyl (C=O) groups is 2. The molecule has 13 heteroatoms. The van der Waals surface area contributed by atoms with Crippen molar-refractivity contribution in [2.24, 2.45) is 0 Å². The summed E-state index contributed by atoms with van der Waals surface area (Å²) in [7, 11) is 1.40. The van der Waals surface area contributed by atoms with Crippen molar-refractivity contribution in [3.8, 4) is 5.82 Å². The molecule has 1 amide bonds. The van der Waals surface area contributed by atoms with Crippen LogP contribution in [0.25, 0.3) is 16.9 Å². The van der Waals surface area contributed by atoms with Crippen LogP contribution in [-0.4, -0.2) is 49.5 Å². The Hall–Kier alpha value is -4.81. The van der Waals surface area contributed by atoms with E-state index in [1.54, 1.807) is 20.8 Å². The largest absolute Gasteiger partial charge is 0.475 e. The summed E-state index contributed by atoms with van der Waals surface area (Å²) in [4.78, 5) is 46.6. The summed E-state index contributed by atoms with van der Waals surface area (Å²) in [6.07, 6.45) is 1.95. The van der Waals surface area contributed by atoms with Crippen molar-refractivity contribution in [2.75, 3.05) is 17.3 Å². The van der Waals surface area contributed by atoms with Crippen LogP contribution in [0.15, 0.2) is 52.0 Å². The lowest BCUT2D eigenvalue weighted by molar-refractivity contribution is 0.0588. The molecule has 12 nitrogen and oxygen atoms in total. The molecular formula is C23H21FN6O6. The summed E-state index contributed by atoms with van der Waals surface area (Å²) in [6, 6.07) is 6.86. The lowest BCUT2D eigenvalue weighted by atomic mass is 10.2. The minimum absolute atomic E-state index is 0.00467. The van der Waals surface area contributed by atoms with E-state index in [0.717, 1.165) is 9.47 Å². The van der Waals surface area contributed by atoms with Crippen molar-refractivity contribution >= 4 is 40.3 Å². The molecule has 4 rings (SSSR count). The molecule has 0 aliphatic heterocycles. The summed E-state index contributed by atoms with van der Waals surface area (Å²) in [6.45, 7) is 5.08. The lowest BCUT2D eigenvalue weighted by Gasteiger charge is -2.25. The van der Waals surface area contributed by atoms with E-state index in [1.165, 1.54) is 49.8 Å². The molecule has 0 bridgehead atoms. The molecule has 4 aromatic rings. The third kappa shape index (κ3) is 4.71. The van der Waals surface area contributed by atoms with Crippen molar-refractivity contribution in [1.82, 2.24) is 19.7 Å². The van der Waals surface area contributed by atoms with Gasteiger partial charge in [-0.2, -0.15) is 0 Å². The van der Waals surface area contributed by atoms with Gasteiger partial charge in [0.1, 0.15) is 22.6 Å². The standard InChI is InChI=1S/C23H21FN6O6/c1-23(2,3)35-22(34)29(4)14-11-15(27-17-16(14)28-36-18(17)21(32)33)26-13-8-6-10-30(20(13)31)19-12(24)7-5-9-25-19/h5-11H,1-4H3,(H,26,27)(H,32,33). The van der Waals surface area contributed by atoms with E-state index in [9.17, 15) is 23.9 Å². The van der Waals surface area contributed by atoms with Gasteiger partial charge in [-0.15, -0.1) is 0 Å². The first-order valence-corrected chi connectivity index (χ1v) is 10.6. The van der Waals surface area contributed by atoms with Crippen molar-refractivity contribution in [1.29, 1.82) is 0 Å². The second kappa shape index (κ2) is 9.09. The fraction of sp³-hybridized carbons (Fsp3) is 0.217. The molecule has 186 valence electrons. The summed E-state index contributed by atoms with van der Waals surface area (Å²) in [5.41, 5.74) is -1.53. The molecule has 0 spiro atoms. The Morgan fingerprint density at radius 2 is 1.97 bits per heavy atom. The average molecular weight is 496 g/mol. The van der Waals surface area contributed by atoms with Crippen LogP contribution >= 0.6 is 0 Å². The van der Waals surface area contributed by atoms with Crippen molar-refractivity contribution in [2.45, 2.75) is 26.4 Å². The highest BCUT2D eigenvalue weighted by Crippen LogP contribution is 2.31. The average Bonchev–Trinajstić information content (AvgIpc) is 3.23. The van der Waals surface area contributed by atoms with E-state index in [4.69, 9.17) is 9.26 Å². The lowest BCUT2D eigenvalue weighted by Crippen LogP contribution is -2.34. The molecule has 0 saturated heterocycles. The number of nitrogens with one attached hydrogen (secondary N) is 1. The van der Waals surface area contributed by atoms with Crippen LogP contribution in [-0.2, 0) is 4.74 Å². The maximum Gasteiger partial charge on any atom is 0.414 e. The zero-order valence-electron chi connectivity index (χ0n) is 19.6. The Kier molecular flexibility index (Phi) is 6.14. The van der Waals surface area contributed by atoms with Crippen LogP contribution in [0.3, 0.4) is 0 Å². The van der Waals surface area contributed by atoms with E-state index < -0.39 is 34.8 Å². The number of carbonyl (C=O) groups excluding carboxylic acids is 1. The maximum atomic E-state index is 14.2. The van der Waals surface area contributed by atoms with Crippen molar-refractivity contribution in [3.05, 3.63) is 64.7 Å². The minimum atomic E-state index is -1.43. The molecule has 0 atom stereocenters. The van der Waals surface area contributed by atoms with E-state index in [2.05, 4.69) is 20.4 Å². The van der Waals surface area contributed by atoms with Crippen LogP contribution in [0.2, 0.25) is 0 Å². The molecule has 0 fully saturated rings. The number of amides is 1. The predicted octanol–water partition coefficient (Wildman–Crippen LogP) is 3.72. The van der Waals surface area contributed by atoms with E-state index in [1.807, 2.05) is 0 Å². The second-order valence-electron chi connectivity index (χ2n) is 8.61. The summed E-state index contributed by atoms with van der Waals surface area (Å²) < 4.78 is 25.6. The van der Waals surface area contributed by atoms with Gasteiger partial charge in [0.2, 0.25) is 0 Å². The first-order chi connectivity index (χ1) is 17.0. The molecular weight excluding hydrogens is 475 g/mol. The molecule has 4 aromatic heterocycles. The van der Waals surface area contributed by atoms with E-state index in [-0.39, 0.29) is 34.0 Å². The molecule has 0 unspecified atom stereocenters. The first kappa shape index (κ1) is 24.3. The fourth-order valence-corrected chi connectivity index (χ4v) is 3.25. The van der Waals surface area contributed by atoms with Gasteiger partial charge in [0, 0.05) is 25.5 Å². The SMILES string of the molecule is CN(C(=O)OC(C)(C)C)c1cc(Nc2cccn(-c3ncccc3F)c2=O)nc2c(C(=O)O)onc12. The molecule has 36 heavy (non-hydrogen) atoms. The van der Waals surface area contributed by atoms with Crippen LogP contribution in [0, 0.1) is 5.82 Å². The molecule has 0 saturated carbocycles. The molecule has 2 N–H and O–H groups in total. The van der Waals surface area contributed by atoms with Gasteiger partial charge >= 0.3 is 12.1 Å². The molecule has 4 heterocycles. The van der Waals surface area contributed by atoms with E-state index in [0.29, 0.717) is 0 Å². The number of halogens is 1. The monoisotopic (exact) mass is 496 g/mol. The molecule has 0 aliphatic rings. The van der Waals surface area contributed by atoms with Gasteiger partial charge in [-0.3, -0.25) is 14.3 Å². The number of aromatic carboxylic acids is 1. The number of anilines is 3. The van der Waals surface area contributed by atoms with Crippen molar-refractivity contribution in [3.63, 3.8) is 0 Å². The smallest absolute Gasteiger partial charge is 0.414 e. The third-order valence-electron chi connectivity index (χ3n) is 4.82. The normalized spacial score (nSPS) is 11.4. The number of carboxylic acid groups (broad SMARTS) is 1. The van der Waals surface area contributed by atoms with Gasteiger partial charge in [-0.25, -0.2) is 23.9 Å². The number of carboxylic acids is 1. The molecule has 0 radical (unpaired) electrons. The minimum Gasteiger partial charge on any atom is -0.475 e. The topological polar surface area (TPSA) is 153 Å². The van der Waals surface area contributed by atoms with Crippen LogP contribution in [0.1, 0.15) is 31.3 Å². The Morgan fingerprint density at radius 3 is 2.64 bits per heavy atom. The number of rotatable bonds is 5. The zero-order valence-corrected chi connectivity index (χ0v) is 19.6. The quantitative estimate of drug-likeness (QED) is 0.418. The fourth-order valence-electron chi connectivity index (χ4n) is 3.25. The van der Waals surface area contributed by atoms with Gasteiger partial charge in [0.15, 0.2) is 17.2 Å². The molecule has 0 aromatic carbocycles. The van der Waals surface area contributed by atoms with Gasteiger partial charge in [-0.1, -0.05) is 5.16 Å². The highest BCUT2D eigenvalue weighted by Gasteiger charge is 2.27. The number of fused-ring (bicyclic) bond motifs is 1. The van der Waals surface area contributed by atoms with Gasteiger partial charge in [-0.05, 0) is 45.0 Å². The Bertz CT molecular complexity index is 1540. The van der Waals surface area contributed by atoms with Crippen molar-refractivity contribution < 1.29 is 28.3 Å². The Labute approximate surface area is 202 Å². The predicted molar refractivity (Wildman–Crippen MR) is 126 cm³/mol. The Balaban J connectivity index is 1.81. The van der Waals surface area contributed by atoms with Gasteiger partial charge in [0.25, 0.3) is 11.3 Å². The number of hydrogen-bond donors (Lipinski definition) is 2. The second-order valence-corrected chi connectivity index (χ2v) is 8.61. The number of hydrogen-bond acceptors (Lipinski definition) is 9.